The molecule has 0 aromatic carbocycles. The van der Waals surface area contributed by atoms with Crippen molar-refractivity contribution in [3.05, 3.63) is 22.9 Å². The average molecular weight is 267 g/mol. The highest BCUT2D eigenvalue weighted by molar-refractivity contribution is 8.00. The molecule has 1 unspecified atom stereocenters. The van der Waals surface area contributed by atoms with Gasteiger partial charge in [0, 0.05) is 17.6 Å². The summed E-state index contributed by atoms with van der Waals surface area (Å²) < 4.78 is 5.42. The van der Waals surface area contributed by atoms with Gasteiger partial charge in [-0.05, 0) is 38.3 Å². The molecule has 2 rings (SSSR count). The maximum absolute atomic E-state index is 11.3. The first-order chi connectivity index (χ1) is 8.58. The van der Waals surface area contributed by atoms with Crippen LogP contribution in [0.1, 0.15) is 34.5 Å². The van der Waals surface area contributed by atoms with E-state index in [-0.39, 0.29) is 0 Å². The first kappa shape index (κ1) is 13.4. The van der Waals surface area contributed by atoms with Gasteiger partial charge in [-0.1, -0.05) is 11.8 Å². The molecule has 98 valence electrons. The molecule has 0 spiro atoms. The number of ether oxygens (including phenoxy) is 1. The summed E-state index contributed by atoms with van der Waals surface area (Å²) in [7, 11) is 0. The van der Waals surface area contributed by atoms with Crippen molar-refractivity contribution in [1.29, 1.82) is 0 Å². The Labute approximate surface area is 111 Å². The van der Waals surface area contributed by atoms with Crippen molar-refractivity contribution in [2.75, 3.05) is 13.2 Å². The summed E-state index contributed by atoms with van der Waals surface area (Å²) >= 11 is 1.53. The highest BCUT2D eigenvalue weighted by atomic mass is 32.2. The molecular formula is C13H17NO3S. The van der Waals surface area contributed by atoms with Gasteiger partial charge in [-0.3, -0.25) is 0 Å². The lowest BCUT2D eigenvalue weighted by Gasteiger charge is -2.22. The number of nitrogens with zero attached hydrogens (tertiary/aromatic N) is 1. The highest BCUT2D eigenvalue weighted by Crippen LogP contribution is 2.31. The van der Waals surface area contributed by atoms with E-state index in [0.29, 0.717) is 22.4 Å². The largest absolute Gasteiger partial charge is 0.478 e. The van der Waals surface area contributed by atoms with E-state index in [1.165, 1.54) is 11.8 Å². The van der Waals surface area contributed by atoms with Crippen LogP contribution in [0.3, 0.4) is 0 Å². The minimum Gasteiger partial charge on any atom is -0.478 e. The molecular weight excluding hydrogens is 250 g/mol. The van der Waals surface area contributed by atoms with E-state index in [1.807, 2.05) is 19.9 Å². The van der Waals surface area contributed by atoms with Crippen molar-refractivity contribution >= 4 is 17.7 Å². The third kappa shape index (κ3) is 3.03. The Balaban J connectivity index is 2.27. The van der Waals surface area contributed by atoms with Gasteiger partial charge in [-0.2, -0.15) is 0 Å². The van der Waals surface area contributed by atoms with Crippen molar-refractivity contribution in [3.63, 3.8) is 0 Å². The van der Waals surface area contributed by atoms with Gasteiger partial charge in [-0.15, -0.1) is 0 Å². The molecule has 1 aromatic heterocycles. The van der Waals surface area contributed by atoms with Gasteiger partial charge < -0.3 is 9.84 Å². The molecule has 4 nitrogen and oxygen atoms in total. The molecule has 1 aromatic rings. The van der Waals surface area contributed by atoms with Crippen molar-refractivity contribution < 1.29 is 14.6 Å². The van der Waals surface area contributed by atoms with Crippen LogP contribution in [0.4, 0.5) is 0 Å². The second kappa shape index (κ2) is 5.71. The predicted octanol–water partition coefficient (Wildman–Crippen LogP) is 2.67. The zero-order valence-electron chi connectivity index (χ0n) is 10.6. The van der Waals surface area contributed by atoms with Gasteiger partial charge in [-0.25, -0.2) is 9.78 Å². The van der Waals surface area contributed by atoms with Crippen LogP contribution in [0.15, 0.2) is 11.1 Å². The van der Waals surface area contributed by atoms with Crippen LogP contribution in [0.2, 0.25) is 0 Å². The Morgan fingerprint density at radius 3 is 2.94 bits per heavy atom. The fraction of sp³-hybridized carbons (Fsp3) is 0.538. The lowest BCUT2D eigenvalue weighted by atomic mass is 10.1. The molecule has 0 radical (unpaired) electrons. The van der Waals surface area contributed by atoms with E-state index in [0.717, 1.165) is 30.7 Å². The molecule has 1 aliphatic rings. The molecule has 2 heterocycles. The summed E-state index contributed by atoms with van der Waals surface area (Å²) in [6, 6.07) is 1.81. The van der Waals surface area contributed by atoms with Crippen LogP contribution in [-0.2, 0) is 4.74 Å². The summed E-state index contributed by atoms with van der Waals surface area (Å²) in [6.45, 7) is 5.20. The summed E-state index contributed by atoms with van der Waals surface area (Å²) in [6.07, 6.45) is 2.09. The molecule has 1 saturated heterocycles. The lowest BCUT2D eigenvalue weighted by Crippen LogP contribution is -2.20. The summed E-state index contributed by atoms with van der Waals surface area (Å²) in [5.74, 6) is -0.903. The number of hydrogen-bond donors (Lipinski definition) is 1. The van der Waals surface area contributed by atoms with Crippen LogP contribution in [0.25, 0.3) is 0 Å². The van der Waals surface area contributed by atoms with Crippen LogP contribution in [0.5, 0.6) is 0 Å². The van der Waals surface area contributed by atoms with E-state index >= 15 is 0 Å². The van der Waals surface area contributed by atoms with E-state index in [4.69, 9.17) is 4.74 Å². The average Bonchev–Trinajstić information content (AvgIpc) is 2.28. The molecule has 1 atom stereocenters. The molecule has 1 aliphatic heterocycles. The van der Waals surface area contributed by atoms with Gasteiger partial charge in [0.25, 0.3) is 0 Å². The Bertz CT molecular complexity index is 456. The van der Waals surface area contributed by atoms with Crippen LogP contribution < -0.4 is 0 Å². The predicted molar refractivity (Wildman–Crippen MR) is 70.4 cm³/mol. The number of aromatic nitrogens is 1. The Morgan fingerprint density at radius 1 is 1.56 bits per heavy atom. The Kier molecular flexibility index (Phi) is 4.24. The molecule has 18 heavy (non-hydrogen) atoms. The SMILES string of the molecule is Cc1cc(C)c(C(=O)O)c(SC2CCCOC2)n1. The first-order valence-corrected chi connectivity index (χ1v) is 6.92. The zero-order valence-corrected chi connectivity index (χ0v) is 11.4. The molecule has 0 aliphatic carbocycles. The standard InChI is InChI=1S/C13H17NO3S/c1-8-6-9(2)14-12(11(8)13(15)16)18-10-4-3-5-17-7-10/h6,10H,3-5,7H2,1-2H3,(H,15,16). The minimum atomic E-state index is -0.903. The van der Waals surface area contributed by atoms with Crippen LogP contribution in [-0.4, -0.2) is 34.5 Å². The normalized spacial score (nSPS) is 19.8. The summed E-state index contributed by atoms with van der Waals surface area (Å²) in [5, 5.41) is 10.2. The van der Waals surface area contributed by atoms with Crippen molar-refractivity contribution in [3.8, 4) is 0 Å². The van der Waals surface area contributed by atoms with E-state index in [1.54, 1.807) is 0 Å². The number of pyridine rings is 1. The number of rotatable bonds is 3. The third-order valence-electron chi connectivity index (χ3n) is 2.92. The quantitative estimate of drug-likeness (QED) is 0.912. The van der Waals surface area contributed by atoms with Crippen molar-refractivity contribution in [1.82, 2.24) is 4.98 Å². The lowest BCUT2D eigenvalue weighted by molar-refractivity contribution is 0.0691. The van der Waals surface area contributed by atoms with Gasteiger partial charge in [0.15, 0.2) is 0 Å². The monoisotopic (exact) mass is 267 g/mol. The van der Waals surface area contributed by atoms with Crippen molar-refractivity contribution in [2.24, 2.45) is 0 Å². The second-order valence-electron chi connectivity index (χ2n) is 4.52. The number of carbonyl (C=O) groups is 1. The van der Waals surface area contributed by atoms with Gasteiger partial charge in [0.05, 0.1) is 12.2 Å². The minimum absolute atomic E-state index is 0.311. The maximum Gasteiger partial charge on any atom is 0.338 e. The summed E-state index contributed by atoms with van der Waals surface area (Å²) in [4.78, 5) is 15.7. The van der Waals surface area contributed by atoms with Gasteiger partial charge in [0.1, 0.15) is 5.03 Å². The molecule has 0 bridgehead atoms. The molecule has 0 saturated carbocycles. The second-order valence-corrected chi connectivity index (χ2v) is 5.81. The topological polar surface area (TPSA) is 59.4 Å². The fourth-order valence-corrected chi connectivity index (χ4v) is 3.44. The van der Waals surface area contributed by atoms with Crippen LogP contribution in [0, 0.1) is 13.8 Å². The van der Waals surface area contributed by atoms with E-state index < -0.39 is 5.97 Å². The first-order valence-electron chi connectivity index (χ1n) is 6.04. The number of thioether (sulfide) groups is 1. The molecule has 1 N–H and O–H groups in total. The number of hydrogen-bond acceptors (Lipinski definition) is 4. The molecule has 5 heteroatoms. The zero-order chi connectivity index (χ0) is 13.1. The number of carboxylic acid groups (broad SMARTS) is 1. The van der Waals surface area contributed by atoms with Crippen molar-refractivity contribution in [2.45, 2.75) is 37.0 Å². The summed E-state index contributed by atoms with van der Waals surface area (Å²) in [5.41, 5.74) is 1.96. The third-order valence-corrected chi connectivity index (χ3v) is 4.15. The highest BCUT2D eigenvalue weighted by Gasteiger charge is 2.21. The Morgan fingerprint density at radius 2 is 2.33 bits per heavy atom. The number of aryl methyl sites for hydroxylation is 2. The molecule has 1 fully saturated rings. The van der Waals surface area contributed by atoms with E-state index in [2.05, 4.69) is 4.98 Å². The number of aromatic carboxylic acids is 1. The van der Waals surface area contributed by atoms with Gasteiger partial charge >= 0.3 is 5.97 Å². The maximum atomic E-state index is 11.3. The fourth-order valence-electron chi connectivity index (χ4n) is 2.11. The smallest absolute Gasteiger partial charge is 0.338 e. The Hall–Kier alpha value is -1.07. The molecule has 0 amide bonds. The number of carboxylic acids is 1. The van der Waals surface area contributed by atoms with Gasteiger partial charge in [0.2, 0.25) is 0 Å². The van der Waals surface area contributed by atoms with E-state index in [9.17, 15) is 9.90 Å². The van der Waals surface area contributed by atoms with Crippen LogP contribution >= 0.6 is 11.8 Å².